The summed E-state index contributed by atoms with van der Waals surface area (Å²) in [4.78, 5) is 32.7. The summed E-state index contributed by atoms with van der Waals surface area (Å²) in [6.07, 6.45) is 7.61. The number of rotatable bonds is 10. The van der Waals surface area contributed by atoms with Crippen molar-refractivity contribution >= 4 is 23.5 Å². The van der Waals surface area contributed by atoms with Crippen molar-refractivity contribution in [3.8, 4) is 0 Å². The summed E-state index contributed by atoms with van der Waals surface area (Å²) in [7, 11) is 4.38. The molecule has 6 nitrogen and oxygen atoms in total. The van der Waals surface area contributed by atoms with E-state index in [4.69, 9.17) is 11.6 Å². The van der Waals surface area contributed by atoms with E-state index in [2.05, 4.69) is 59.5 Å². The lowest BCUT2D eigenvalue weighted by atomic mass is 9.68. The van der Waals surface area contributed by atoms with Gasteiger partial charge in [0.1, 0.15) is 0 Å². The molecular formula is C28H43ClN4O2. The van der Waals surface area contributed by atoms with Gasteiger partial charge in [0.25, 0.3) is 0 Å². The third-order valence-corrected chi connectivity index (χ3v) is 8.74. The second-order valence-electron chi connectivity index (χ2n) is 11.9. The monoisotopic (exact) mass is 502 g/mol. The Bertz CT molecular complexity index is 891. The molecule has 1 aliphatic heterocycles. The van der Waals surface area contributed by atoms with Gasteiger partial charge in [0, 0.05) is 37.5 Å². The van der Waals surface area contributed by atoms with E-state index in [1.165, 1.54) is 18.4 Å². The van der Waals surface area contributed by atoms with Gasteiger partial charge in [-0.1, -0.05) is 30.3 Å². The van der Waals surface area contributed by atoms with Crippen LogP contribution in [0.25, 0.3) is 0 Å². The number of hydrogen-bond acceptors (Lipinski definition) is 3. The summed E-state index contributed by atoms with van der Waals surface area (Å²) in [6.45, 7) is 6.18. The minimum Gasteiger partial charge on any atom is -0.349 e. The van der Waals surface area contributed by atoms with Gasteiger partial charge < -0.3 is 15.1 Å². The zero-order valence-electron chi connectivity index (χ0n) is 22.0. The molecule has 4 rings (SSSR count). The predicted molar refractivity (Wildman–Crippen MR) is 142 cm³/mol. The minimum atomic E-state index is -0.484. The highest BCUT2D eigenvalue weighted by molar-refractivity contribution is 6.17. The molecule has 0 atom stereocenters. The van der Waals surface area contributed by atoms with Gasteiger partial charge in [-0.05, 0) is 84.4 Å². The maximum Gasteiger partial charge on any atom is 0.320 e. The number of alkyl halides is 1. The van der Waals surface area contributed by atoms with E-state index in [0.29, 0.717) is 31.2 Å². The molecule has 1 aromatic carbocycles. The lowest BCUT2D eigenvalue weighted by Gasteiger charge is -2.51. The van der Waals surface area contributed by atoms with Crippen molar-refractivity contribution in [1.29, 1.82) is 0 Å². The van der Waals surface area contributed by atoms with E-state index in [-0.39, 0.29) is 23.0 Å². The Balaban J connectivity index is 1.51. The van der Waals surface area contributed by atoms with E-state index in [9.17, 15) is 9.59 Å². The zero-order chi connectivity index (χ0) is 25.3. The molecule has 3 aliphatic rings. The molecule has 0 radical (unpaired) electrons. The number of benzene rings is 1. The highest BCUT2D eigenvalue weighted by atomic mass is 35.5. The van der Waals surface area contributed by atoms with Crippen LogP contribution in [0.4, 0.5) is 4.79 Å². The molecule has 3 amide bonds. The van der Waals surface area contributed by atoms with Gasteiger partial charge in [-0.2, -0.15) is 0 Å². The van der Waals surface area contributed by atoms with Gasteiger partial charge in [-0.15, -0.1) is 11.6 Å². The normalized spacial score (nSPS) is 27.2. The molecular weight excluding hydrogens is 460 g/mol. The lowest BCUT2D eigenvalue weighted by Crippen LogP contribution is -2.55. The maximum absolute atomic E-state index is 13.8. The number of nitrogens with one attached hydrogen (secondary N) is 1. The molecule has 35 heavy (non-hydrogen) atoms. The van der Waals surface area contributed by atoms with Crippen molar-refractivity contribution in [2.24, 2.45) is 5.92 Å². The molecule has 1 heterocycles. The van der Waals surface area contributed by atoms with Crippen molar-refractivity contribution in [3.05, 3.63) is 35.9 Å². The van der Waals surface area contributed by atoms with Crippen LogP contribution in [-0.4, -0.2) is 77.3 Å². The summed E-state index contributed by atoms with van der Waals surface area (Å²) in [5.41, 5.74) is 0.772. The van der Waals surface area contributed by atoms with E-state index in [1.807, 2.05) is 18.7 Å². The fourth-order valence-corrected chi connectivity index (χ4v) is 6.45. The average molecular weight is 503 g/mol. The molecule has 0 unspecified atom stereocenters. The quantitative estimate of drug-likeness (QED) is 0.467. The Labute approximate surface area is 216 Å². The van der Waals surface area contributed by atoms with Crippen LogP contribution in [-0.2, 0) is 10.3 Å². The molecule has 2 aliphatic carbocycles. The van der Waals surface area contributed by atoms with Gasteiger partial charge in [0.2, 0.25) is 5.91 Å². The number of halogens is 1. The third-order valence-electron chi connectivity index (χ3n) is 8.47. The Morgan fingerprint density at radius 2 is 1.80 bits per heavy atom. The largest absolute Gasteiger partial charge is 0.349 e. The molecule has 1 spiro atoms. The van der Waals surface area contributed by atoms with E-state index in [0.717, 1.165) is 38.8 Å². The standard InChI is InChI=1S/C28H43ClN4O2/c1-26(2,30-24(34)11-8-18-29)20-32-21-27(33(25(32)35)19-22-12-13-22)14-16-28(17-15-27,31(3)4)23-9-6-5-7-10-23/h5-7,9-10,22H,8,11-21H2,1-4H3,(H,30,34). The van der Waals surface area contributed by atoms with Gasteiger partial charge >= 0.3 is 6.03 Å². The number of carbonyl (C=O) groups is 2. The molecule has 0 bridgehead atoms. The molecule has 194 valence electrons. The molecule has 0 aromatic heterocycles. The smallest absolute Gasteiger partial charge is 0.320 e. The number of amides is 3. The second kappa shape index (κ2) is 10.3. The van der Waals surface area contributed by atoms with Crippen LogP contribution in [0.5, 0.6) is 0 Å². The first kappa shape index (κ1) is 26.3. The molecule has 1 saturated heterocycles. The fraction of sp³-hybridized carbons (Fsp3) is 0.714. The van der Waals surface area contributed by atoms with Gasteiger partial charge in [0.05, 0.1) is 11.1 Å². The number of urea groups is 1. The van der Waals surface area contributed by atoms with Crippen molar-refractivity contribution in [2.45, 2.75) is 81.8 Å². The number of hydrogen-bond donors (Lipinski definition) is 1. The van der Waals surface area contributed by atoms with Crippen molar-refractivity contribution in [3.63, 3.8) is 0 Å². The molecule has 2 saturated carbocycles. The fourth-order valence-electron chi connectivity index (χ4n) is 6.32. The maximum atomic E-state index is 13.8. The molecule has 3 fully saturated rings. The van der Waals surface area contributed by atoms with Crippen molar-refractivity contribution in [1.82, 2.24) is 20.0 Å². The highest BCUT2D eigenvalue weighted by Crippen LogP contribution is 2.50. The highest BCUT2D eigenvalue weighted by Gasteiger charge is 2.55. The van der Waals surface area contributed by atoms with Gasteiger partial charge in [0.15, 0.2) is 0 Å². The Morgan fingerprint density at radius 1 is 1.14 bits per heavy atom. The van der Waals surface area contributed by atoms with Crippen LogP contribution in [0.2, 0.25) is 0 Å². The first-order valence-corrected chi connectivity index (χ1v) is 13.8. The van der Waals surface area contributed by atoms with Crippen molar-refractivity contribution < 1.29 is 9.59 Å². The predicted octanol–water partition coefficient (Wildman–Crippen LogP) is 4.82. The summed E-state index contributed by atoms with van der Waals surface area (Å²) >= 11 is 5.76. The lowest BCUT2D eigenvalue weighted by molar-refractivity contribution is -0.122. The first-order chi connectivity index (χ1) is 16.6. The van der Waals surface area contributed by atoms with Crippen LogP contribution in [0.15, 0.2) is 30.3 Å². The number of nitrogens with zero attached hydrogens (tertiary/aromatic N) is 3. The Morgan fingerprint density at radius 3 is 2.37 bits per heavy atom. The summed E-state index contributed by atoms with van der Waals surface area (Å²) in [5, 5.41) is 3.13. The van der Waals surface area contributed by atoms with E-state index in [1.54, 1.807) is 0 Å². The molecule has 1 N–H and O–H groups in total. The summed E-state index contributed by atoms with van der Waals surface area (Å²) in [5.74, 6) is 1.13. The second-order valence-corrected chi connectivity index (χ2v) is 12.3. The van der Waals surface area contributed by atoms with Crippen LogP contribution >= 0.6 is 11.6 Å². The van der Waals surface area contributed by atoms with Crippen LogP contribution < -0.4 is 5.32 Å². The van der Waals surface area contributed by atoms with Crippen LogP contribution in [0.3, 0.4) is 0 Å². The third kappa shape index (κ3) is 5.64. The molecule has 1 aromatic rings. The van der Waals surface area contributed by atoms with Crippen molar-refractivity contribution in [2.75, 3.05) is 39.6 Å². The van der Waals surface area contributed by atoms with Crippen LogP contribution in [0, 0.1) is 5.92 Å². The summed E-state index contributed by atoms with van der Waals surface area (Å²) in [6, 6.07) is 11.0. The SMILES string of the molecule is CN(C)C1(c2ccccc2)CCC2(CC1)CN(CC(C)(C)NC(=O)CCCCl)C(=O)N2CC1CC1. The van der Waals surface area contributed by atoms with Gasteiger partial charge in [-0.25, -0.2) is 4.79 Å². The first-order valence-electron chi connectivity index (χ1n) is 13.3. The van der Waals surface area contributed by atoms with E-state index < -0.39 is 5.54 Å². The molecule has 7 heteroatoms. The Kier molecular flexibility index (Phi) is 7.73. The minimum absolute atomic E-state index is 0.00291. The van der Waals surface area contributed by atoms with E-state index >= 15 is 0 Å². The van der Waals surface area contributed by atoms with Gasteiger partial charge in [-0.3, -0.25) is 9.69 Å². The number of carbonyl (C=O) groups excluding carboxylic acids is 2. The average Bonchev–Trinajstić information content (AvgIpc) is 3.61. The van der Waals surface area contributed by atoms with Crippen LogP contribution in [0.1, 0.15) is 70.8 Å². The summed E-state index contributed by atoms with van der Waals surface area (Å²) < 4.78 is 0. The zero-order valence-corrected chi connectivity index (χ0v) is 22.7. The Hall–Kier alpha value is -1.79. The topological polar surface area (TPSA) is 55.9 Å².